The molecule has 0 unspecified atom stereocenters. The summed E-state index contributed by atoms with van der Waals surface area (Å²) in [4.78, 5) is 3.95. The predicted molar refractivity (Wildman–Crippen MR) is 58.0 cm³/mol. The first-order valence-electron chi connectivity index (χ1n) is 3.51. The van der Waals surface area contributed by atoms with Crippen LogP contribution in [0.15, 0.2) is 18.7 Å². The molecule has 1 N–H and O–H groups in total. The number of nitrogens with zero attached hydrogens (tertiary/aromatic N) is 1. The number of hydrogen-bond acceptors (Lipinski definition) is 2. The van der Waals surface area contributed by atoms with Crippen molar-refractivity contribution in [1.82, 2.24) is 4.98 Å². The molecule has 0 radical (unpaired) electrons. The first-order valence-corrected chi connectivity index (χ1v) is 4.65. The Morgan fingerprint density at radius 1 is 1.38 bits per heavy atom. The van der Waals surface area contributed by atoms with E-state index in [1.165, 1.54) is 0 Å². The molecule has 0 bridgehead atoms. The minimum atomic E-state index is 0.234. The standard InChI is InChI=1S/C8H7Cl3N2/c1-2-3-12-8-6(10)4-5(9)7(11)13-8/h2,4H,1,3H2,(H,12,13). The van der Waals surface area contributed by atoms with E-state index in [1.807, 2.05) is 0 Å². The lowest BCUT2D eigenvalue weighted by molar-refractivity contribution is 1.23. The van der Waals surface area contributed by atoms with Crippen LogP contribution >= 0.6 is 34.8 Å². The largest absolute Gasteiger partial charge is 0.365 e. The zero-order valence-corrected chi connectivity index (χ0v) is 8.92. The van der Waals surface area contributed by atoms with Gasteiger partial charge in [-0.05, 0) is 6.07 Å². The lowest BCUT2D eigenvalue weighted by atomic mass is 10.4. The molecule has 0 atom stereocenters. The van der Waals surface area contributed by atoms with Crippen molar-refractivity contribution in [2.75, 3.05) is 11.9 Å². The number of aromatic nitrogens is 1. The van der Waals surface area contributed by atoms with Crippen molar-refractivity contribution in [3.05, 3.63) is 33.9 Å². The van der Waals surface area contributed by atoms with Gasteiger partial charge in [0.2, 0.25) is 0 Å². The van der Waals surface area contributed by atoms with Crippen molar-refractivity contribution < 1.29 is 0 Å². The highest BCUT2D eigenvalue weighted by Crippen LogP contribution is 2.28. The Kier molecular flexibility index (Phi) is 3.85. The number of anilines is 1. The molecule has 70 valence electrons. The third-order valence-corrected chi connectivity index (χ3v) is 2.26. The molecule has 0 aromatic carbocycles. The Morgan fingerprint density at radius 2 is 2.08 bits per heavy atom. The van der Waals surface area contributed by atoms with E-state index < -0.39 is 0 Å². The fourth-order valence-corrected chi connectivity index (χ4v) is 1.30. The van der Waals surface area contributed by atoms with Crippen LogP contribution in [0.2, 0.25) is 15.2 Å². The summed E-state index contributed by atoms with van der Waals surface area (Å²) in [6.45, 7) is 4.13. The molecule has 0 aliphatic rings. The molecule has 0 fully saturated rings. The smallest absolute Gasteiger partial charge is 0.150 e. The van der Waals surface area contributed by atoms with E-state index in [0.29, 0.717) is 22.4 Å². The molecule has 0 saturated carbocycles. The number of hydrogen-bond donors (Lipinski definition) is 1. The number of rotatable bonds is 3. The van der Waals surface area contributed by atoms with E-state index in [2.05, 4.69) is 16.9 Å². The summed E-state index contributed by atoms with van der Waals surface area (Å²) in [6.07, 6.45) is 1.69. The van der Waals surface area contributed by atoms with Crippen molar-refractivity contribution in [3.63, 3.8) is 0 Å². The van der Waals surface area contributed by atoms with Gasteiger partial charge >= 0.3 is 0 Å². The maximum Gasteiger partial charge on any atom is 0.150 e. The normalized spacial score (nSPS) is 9.77. The highest BCUT2D eigenvalue weighted by molar-refractivity contribution is 6.42. The molecule has 0 amide bonds. The molecule has 0 saturated heterocycles. The monoisotopic (exact) mass is 236 g/mol. The molecule has 0 aliphatic carbocycles. The van der Waals surface area contributed by atoms with E-state index in [0.717, 1.165) is 0 Å². The minimum absolute atomic E-state index is 0.234. The highest BCUT2D eigenvalue weighted by atomic mass is 35.5. The minimum Gasteiger partial charge on any atom is -0.365 e. The molecule has 0 spiro atoms. The van der Waals surface area contributed by atoms with Crippen LogP contribution in [-0.2, 0) is 0 Å². The topological polar surface area (TPSA) is 24.9 Å². The zero-order valence-electron chi connectivity index (χ0n) is 6.65. The first kappa shape index (κ1) is 10.6. The molecule has 1 aromatic rings. The Labute approximate surface area is 91.5 Å². The van der Waals surface area contributed by atoms with Gasteiger partial charge in [0.25, 0.3) is 0 Å². The summed E-state index contributed by atoms with van der Waals surface area (Å²) >= 11 is 17.2. The van der Waals surface area contributed by atoms with Gasteiger partial charge in [0, 0.05) is 6.54 Å². The lowest BCUT2D eigenvalue weighted by Gasteiger charge is -2.05. The molecule has 1 rings (SSSR count). The van der Waals surface area contributed by atoms with Gasteiger partial charge in [-0.1, -0.05) is 40.9 Å². The van der Waals surface area contributed by atoms with Crippen LogP contribution in [0.1, 0.15) is 0 Å². The Hall–Kier alpha value is -0.440. The van der Waals surface area contributed by atoms with Gasteiger partial charge in [-0.3, -0.25) is 0 Å². The van der Waals surface area contributed by atoms with Gasteiger partial charge in [0.05, 0.1) is 10.0 Å². The third-order valence-electron chi connectivity index (χ3n) is 1.30. The van der Waals surface area contributed by atoms with Gasteiger partial charge in [-0.2, -0.15) is 0 Å². The number of pyridine rings is 1. The second kappa shape index (κ2) is 4.70. The van der Waals surface area contributed by atoms with E-state index in [4.69, 9.17) is 34.8 Å². The van der Waals surface area contributed by atoms with E-state index in [-0.39, 0.29) is 5.15 Å². The maximum atomic E-state index is 5.83. The Balaban J connectivity index is 2.94. The lowest BCUT2D eigenvalue weighted by Crippen LogP contribution is -2.01. The van der Waals surface area contributed by atoms with Crippen molar-refractivity contribution in [2.24, 2.45) is 0 Å². The fraction of sp³-hybridized carbons (Fsp3) is 0.125. The quantitative estimate of drug-likeness (QED) is 0.641. The number of halogens is 3. The molecule has 13 heavy (non-hydrogen) atoms. The first-order chi connectivity index (χ1) is 6.15. The summed E-state index contributed by atoms with van der Waals surface area (Å²) < 4.78 is 0. The van der Waals surface area contributed by atoms with Crippen molar-refractivity contribution in [1.29, 1.82) is 0 Å². The van der Waals surface area contributed by atoms with Crippen LogP contribution in [-0.4, -0.2) is 11.5 Å². The Morgan fingerprint density at radius 3 is 2.69 bits per heavy atom. The molecule has 2 nitrogen and oxygen atoms in total. The Bertz CT molecular complexity index is 325. The summed E-state index contributed by atoms with van der Waals surface area (Å²) in [5.74, 6) is 0.510. The van der Waals surface area contributed by atoms with Gasteiger partial charge in [0.15, 0.2) is 0 Å². The summed E-state index contributed by atoms with van der Waals surface area (Å²) in [5, 5.41) is 3.94. The molecule has 0 aliphatic heterocycles. The average Bonchev–Trinajstić information content (AvgIpc) is 2.09. The molecule has 1 heterocycles. The summed E-state index contributed by atoms with van der Waals surface area (Å²) in [7, 11) is 0. The van der Waals surface area contributed by atoms with Crippen molar-refractivity contribution >= 4 is 40.6 Å². The van der Waals surface area contributed by atoms with Gasteiger partial charge < -0.3 is 5.32 Å². The summed E-state index contributed by atoms with van der Waals surface area (Å²) in [6, 6.07) is 1.55. The van der Waals surface area contributed by atoms with E-state index in [9.17, 15) is 0 Å². The van der Waals surface area contributed by atoms with Gasteiger partial charge in [-0.15, -0.1) is 6.58 Å². The fourth-order valence-electron chi connectivity index (χ4n) is 0.737. The zero-order chi connectivity index (χ0) is 9.84. The van der Waals surface area contributed by atoms with Gasteiger partial charge in [0.1, 0.15) is 11.0 Å². The molecular weight excluding hydrogens is 230 g/mol. The van der Waals surface area contributed by atoms with Crippen LogP contribution in [0, 0.1) is 0 Å². The molecular formula is C8H7Cl3N2. The predicted octanol–water partition coefficient (Wildman–Crippen LogP) is 3.64. The van der Waals surface area contributed by atoms with E-state index >= 15 is 0 Å². The van der Waals surface area contributed by atoms with Crippen LogP contribution in [0.5, 0.6) is 0 Å². The van der Waals surface area contributed by atoms with Crippen LogP contribution in [0.25, 0.3) is 0 Å². The SMILES string of the molecule is C=CCNc1nc(Cl)c(Cl)cc1Cl. The number of nitrogens with one attached hydrogen (secondary N) is 1. The summed E-state index contributed by atoms with van der Waals surface area (Å²) in [5.41, 5.74) is 0. The van der Waals surface area contributed by atoms with Crippen molar-refractivity contribution in [3.8, 4) is 0 Å². The van der Waals surface area contributed by atoms with Gasteiger partial charge in [-0.25, -0.2) is 4.98 Å². The van der Waals surface area contributed by atoms with Crippen molar-refractivity contribution in [2.45, 2.75) is 0 Å². The van der Waals surface area contributed by atoms with Crippen LogP contribution in [0.4, 0.5) is 5.82 Å². The average molecular weight is 238 g/mol. The second-order valence-corrected chi connectivity index (χ2v) is 3.43. The van der Waals surface area contributed by atoms with E-state index in [1.54, 1.807) is 12.1 Å². The molecule has 5 heteroatoms. The third kappa shape index (κ3) is 2.76. The highest BCUT2D eigenvalue weighted by Gasteiger charge is 2.06. The molecule has 1 aromatic heterocycles. The maximum absolute atomic E-state index is 5.83. The van der Waals surface area contributed by atoms with Crippen LogP contribution in [0.3, 0.4) is 0 Å². The van der Waals surface area contributed by atoms with Crippen LogP contribution < -0.4 is 5.32 Å². The second-order valence-electron chi connectivity index (χ2n) is 2.26.